The fourth-order valence-corrected chi connectivity index (χ4v) is 1.98. The quantitative estimate of drug-likeness (QED) is 0.824. The predicted octanol–water partition coefficient (Wildman–Crippen LogP) is 3.64. The highest BCUT2D eigenvalue weighted by Crippen LogP contribution is 2.21. The average molecular weight is 243 g/mol. The Morgan fingerprint density at radius 3 is 2.33 bits per heavy atom. The second-order valence-electron chi connectivity index (χ2n) is 4.49. The summed E-state index contributed by atoms with van der Waals surface area (Å²) in [6.07, 6.45) is 1.55. The van der Waals surface area contributed by atoms with Crippen molar-refractivity contribution in [2.24, 2.45) is 0 Å². The van der Waals surface area contributed by atoms with E-state index in [2.05, 4.69) is 0 Å². The summed E-state index contributed by atoms with van der Waals surface area (Å²) in [5.41, 5.74) is 1.52. The zero-order chi connectivity index (χ0) is 13.1. The molecule has 3 nitrogen and oxygen atoms in total. The van der Waals surface area contributed by atoms with Gasteiger partial charge in [0.25, 0.3) is 5.91 Å². The number of para-hydroxylation sites is 1. The van der Waals surface area contributed by atoms with Crippen molar-refractivity contribution < 1.29 is 9.21 Å². The monoisotopic (exact) mass is 243 g/mol. The Morgan fingerprint density at radius 2 is 1.83 bits per heavy atom. The van der Waals surface area contributed by atoms with E-state index in [1.165, 1.54) is 0 Å². The van der Waals surface area contributed by atoms with Crippen molar-refractivity contribution in [3.63, 3.8) is 0 Å². The lowest BCUT2D eigenvalue weighted by atomic mass is 10.1. The molecule has 1 heterocycles. The first-order valence-corrected chi connectivity index (χ1v) is 6.04. The Hall–Kier alpha value is -2.03. The molecule has 0 fully saturated rings. The van der Waals surface area contributed by atoms with Crippen LogP contribution in [0.2, 0.25) is 0 Å². The Kier molecular flexibility index (Phi) is 3.51. The van der Waals surface area contributed by atoms with Crippen molar-refractivity contribution in [1.29, 1.82) is 0 Å². The van der Waals surface area contributed by atoms with Crippen LogP contribution in [0.15, 0.2) is 47.1 Å². The van der Waals surface area contributed by atoms with Gasteiger partial charge in [0.1, 0.15) is 5.76 Å². The highest BCUT2D eigenvalue weighted by atomic mass is 16.3. The Labute approximate surface area is 107 Å². The van der Waals surface area contributed by atoms with E-state index in [4.69, 9.17) is 4.42 Å². The molecule has 1 aromatic carbocycles. The van der Waals surface area contributed by atoms with Crippen LogP contribution in [0.1, 0.15) is 30.0 Å². The number of hydrogen-bond donors (Lipinski definition) is 0. The van der Waals surface area contributed by atoms with Crippen LogP contribution in [0.5, 0.6) is 0 Å². The summed E-state index contributed by atoms with van der Waals surface area (Å²) in [7, 11) is 0. The second kappa shape index (κ2) is 5.08. The first kappa shape index (κ1) is 12.4. The summed E-state index contributed by atoms with van der Waals surface area (Å²) >= 11 is 0. The molecule has 18 heavy (non-hydrogen) atoms. The topological polar surface area (TPSA) is 33.5 Å². The predicted molar refractivity (Wildman–Crippen MR) is 71.8 cm³/mol. The van der Waals surface area contributed by atoms with Gasteiger partial charge in [-0.05, 0) is 39.0 Å². The van der Waals surface area contributed by atoms with Gasteiger partial charge in [-0.25, -0.2) is 0 Å². The average Bonchev–Trinajstić information content (AvgIpc) is 2.76. The van der Waals surface area contributed by atoms with Crippen molar-refractivity contribution in [2.45, 2.75) is 26.8 Å². The lowest BCUT2D eigenvalue weighted by molar-refractivity contribution is 0.0979. The van der Waals surface area contributed by atoms with Crippen molar-refractivity contribution in [2.75, 3.05) is 4.90 Å². The smallest absolute Gasteiger partial charge is 0.262 e. The molecule has 94 valence electrons. The Balaban J connectivity index is 2.38. The zero-order valence-electron chi connectivity index (χ0n) is 10.9. The Morgan fingerprint density at radius 1 is 1.17 bits per heavy atom. The summed E-state index contributed by atoms with van der Waals surface area (Å²) in [6, 6.07) is 11.5. The molecule has 0 saturated heterocycles. The van der Waals surface area contributed by atoms with E-state index in [1.54, 1.807) is 24.2 Å². The normalized spacial score (nSPS) is 10.7. The molecule has 0 N–H and O–H groups in total. The molecule has 0 spiro atoms. The highest BCUT2D eigenvalue weighted by Gasteiger charge is 2.22. The number of carbonyl (C=O) groups is 1. The minimum absolute atomic E-state index is 0.0255. The van der Waals surface area contributed by atoms with Gasteiger partial charge >= 0.3 is 0 Å². The number of amides is 1. The van der Waals surface area contributed by atoms with Gasteiger partial charge in [0, 0.05) is 11.7 Å². The van der Waals surface area contributed by atoms with Crippen LogP contribution in [0, 0.1) is 6.92 Å². The molecule has 0 aliphatic heterocycles. The van der Waals surface area contributed by atoms with Gasteiger partial charge in [0.2, 0.25) is 0 Å². The number of furan rings is 1. The van der Waals surface area contributed by atoms with Gasteiger partial charge in [0.05, 0.1) is 11.8 Å². The molecule has 2 aromatic rings. The molecule has 0 bridgehead atoms. The molecule has 3 heteroatoms. The molecule has 0 radical (unpaired) electrons. The summed E-state index contributed by atoms with van der Waals surface area (Å²) in [5.74, 6) is 0.629. The van der Waals surface area contributed by atoms with Crippen molar-refractivity contribution in [3.8, 4) is 0 Å². The van der Waals surface area contributed by atoms with Crippen LogP contribution in [0.25, 0.3) is 0 Å². The molecule has 1 aromatic heterocycles. The SMILES string of the molecule is Cc1occc1C(=O)N(c1ccccc1)C(C)C. The molecule has 1 amide bonds. The van der Waals surface area contributed by atoms with E-state index in [9.17, 15) is 4.79 Å². The second-order valence-corrected chi connectivity index (χ2v) is 4.49. The maximum absolute atomic E-state index is 12.5. The lowest BCUT2D eigenvalue weighted by Crippen LogP contribution is -2.37. The van der Waals surface area contributed by atoms with Gasteiger partial charge in [-0.15, -0.1) is 0 Å². The standard InChI is InChI=1S/C15H17NO2/c1-11(2)16(13-7-5-4-6-8-13)15(17)14-9-10-18-12(14)3/h4-11H,1-3H3. The van der Waals surface area contributed by atoms with E-state index >= 15 is 0 Å². The van der Waals surface area contributed by atoms with Gasteiger partial charge < -0.3 is 9.32 Å². The molecule has 0 aliphatic rings. The number of aryl methyl sites for hydroxylation is 1. The summed E-state index contributed by atoms with van der Waals surface area (Å²) in [4.78, 5) is 14.3. The van der Waals surface area contributed by atoms with E-state index in [0.717, 1.165) is 5.69 Å². The van der Waals surface area contributed by atoms with E-state index in [0.29, 0.717) is 11.3 Å². The summed E-state index contributed by atoms with van der Waals surface area (Å²) in [6.45, 7) is 5.80. The van der Waals surface area contributed by atoms with Crippen LogP contribution in [-0.2, 0) is 0 Å². The van der Waals surface area contributed by atoms with Crippen LogP contribution in [0.4, 0.5) is 5.69 Å². The van der Waals surface area contributed by atoms with Crippen molar-refractivity contribution in [1.82, 2.24) is 0 Å². The van der Waals surface area contributed by atoms with Crippen LogP contribution < -0.4 is 4.90 Å². The minimum Gasteiger partial charge on any atom is -0.469 e. The number of benzene rings is 1. The minimum atomic E-state index is -0.0255. The molecule has 0 aliphatic carbocycles. The van der Waals surface area contributed by atoms with Crippen molar-refractivity contribution >= 4 is 11.6 Å². The summed E-state index contributed by atoms with van der Waals surface area (Å²) in [5, 5.41) is 0. The van der Waals surface area contributed by atoms with Gasteiger partial charge in [-0.1, -0.05) is 18.2 Å². The third kappa shape index (κ3) is 2.30. The number of nitrogens with zero attached hydrogens (tertiary/aromatic N) is 1. The molecular weight excluding hydrogens is 226 g/mol. The van der Waals surface area contributed by atoms with Crippen LogP contribution in [-0.4, -0.2) is 11.9 Å². The van der Waals surface area contributed by atoms with Crippen LogP contribution in [0.3, 0.4) is 0 Å². The third-order valence-electron chi connectivity index (χ3n) is 2.86. The molecule has 0 unspecified atom stereocenters. The maximum Gasteiger partial charge on any atom is 0.262 e. The fraction of sp³-hybridized carbons (Fsp3) is 0.267. The third-order valence-corrected chi connectivity index (χ3v) is 2.86. The van der Waals surface area contributed by atoms with Gasteiger partial charge in [-0.3, -0.25) is 4.79 Å². The molecule has 2 rings (SSSR count). The van der Waals surface area contributed by atoms with Crippen LogP contribution >= 0.6 is 0 Å². The molecular formula is C15H17NO2. The maximum atomic E-state index is 12.5. The van der Waals surface area contributed by atoms with E-state index in [1.807, 2.05) is 44.2 Å². The number of hydrogen-bond acceptors (Lipinski definition) is 2. The largest absolute Gasteiger partial charge is 0.469 e. The first-order chi connectivity index (χ1) is 8.61. The zero-order valence-corrected chi connectivity index (χ0v) is 10.9. The number of anilines is 1. The number of carbonyl (C=O) groups excluding carboxylic acids is 1. The van der Waals surface area contributed by atoms with Gasteiger partial charge in [0.15, 0.2) is 0 Å². The van der Waals surface area contributed by atoms with E-state index in [-0.39, 0.29) is 11.9 Å². The van der Waals surface area contributed by atoms with Crippen molar-refractivity contribution in [3.05, 3.63) is 54.0 Å². The van der Waals surface area contributed by atoms with E-state index < -0.39 is 0 Å². The van der Waals surface area contributed by atoms with Gasteiger partial charge in [-0.2, -0.15) is 0 Å². The first-order valence-electron chi connectivity index (χ1n) is 6.04. The number of rotatable bonds is 3. The fourth-order valence-electron chi connectivity index (χ4n) is 1.98. The lowest BCUT2D eigenvalue weighted by Gasteiger charge is -2.26. The highest BCUT2D eigenvalue weighted by molar-refractivity contribution is 6.07. The molecule has 0 saturated carbocycles. The molecule has 0 atom stereocenters. The summed E-state index contributed by atoms with van der Waals surface area (Å²) < 4.78 is 5.20. The Bertz CT molecular complexity index is 528.